The Labute approximate surface area is 133 Å². The average Bonchev–Trinajstić information content (AvgIpc) is 2.72. The molecule has 3 N–H and O–H groups in total. The van der Waals surface area contributed by atoms with Gasteiger partial charge in [-0.2, -0.15) is 5.26 Å². The summed E-state index contributed by atoms with van der Waals surface area (Å²) in [5.74, 6) is -0.431. The Morgan fingerprint density at radius 2 is 2.13 bits per heavy atom. The van der Waals surface area contributed by atoms with Crippen molar-refractivity contribution >= 4 is 28.5 Å². The van der Waals surface area contributed by atoms with Crippen molar-refractivity contribution in [2.75, 3.05) is 17.2 Å². The molecule has 0 aliphatic rings. The summed E-state index contributed by atoms with van der Waals surface area (Å²) in [7, 11) is 0. The van der Waals surface area contributed by atoms with Crippen molar-refractivity contribution in [1.82, 2.24) is 4.98 Å². The molecule has 0 saturated carbocycles. The quantitative estimate of drug-likeness (QED) is 0.885. The Bertz CT molecular complexity index is 799. The first-order valence-corrected chi connectivity index (χ1v) is 7.19. The van der Waals surface area contributed by atoms with Crippen LogP contribution in [-0.2, 0) is 4.74 Å². The lowest BCUT2D eigenvalue weighted by Crippen LogP contribution is -2.37. The largest absolute Gasteiger partial charge is 0.443 e. The molecule has 0 saturated heterocycles. The molecule has 7 heteroatoms. The van der Waals surface area contributed by atoms with Gasteiger partial charge in [0.2, 0.25) is 0 Å². The van der Waals surface area contributed by atoms with Crippen molar-refractivity contribution in [2.45, 2.75) is 33.3 Å². The van der Waals surface area contributed by atoms with Crippen LogP contribution in [0.3, 0.4) is 0 Å². The van der Waals surface area contributed by atoms with Gasteiger partial charge in [0.05, 0.1) is 11.2 Å². The first-order chi connectivity index (χ1) is 10.7. The van der Waals surface area contributed by atoms with E-state index in [0.29, 0.717) is 10.9 Å². The summed E-state index contributed by atoms with van der Waals surface area (Å²) in [5, 5.41) is 9.50. The number of carbonyl (C=O) groups is 1. The third kappa shape index (κ3) is 3.21. The van der Waals surface area contributed by atoms with Crippen LogP contribution >= 0.6 is 0 Å². The molecule has 2 rings (SSSR count). The van der Waals surface area contributed by atoms with Crippen LogP contribution in [-0.4, -0.2) is 23.2 Å². The number of fused-ring (bicyclic) bond motifs is 1. The number of nitriles is 1. The highest BCUT2D eigenvalue weighted by molar-refractivity contribution is 6.04. The average molecular weight is 318 g/mol. The molecule has 0 radical (unpaired) electrons. The van der Waals surface area contributed by atoms with Gasteiger partial charge in [0, 0.05) is 11.9 Å². The second kappa shape index (κ2) is 5.80. The van der Waals surface area contributed by atoms with Gasteiger partial charge in [-0.1, -0.05) is 0 Å². The molecule has 1 amide bonds. The maximum Gasteiger partial charge on any atom is 0.414 e. The van der Waals surface area contributed by atoms with Gasteiger partial charge in [-0.15, -0.1) is 0 Å². The van der Waals surface area contributed by atoms with Gasteiger partial charge >= 0.3 is 6.09 Å². The van der Waals surface area contributed by atoms with Crippen LogP contribution in [0, 0.1) is 17.1 Å². The third-order valence-corrected chi connectivity index (χ3v) is 3.21. The van der Waals surface area contributed by atoms with Crippen molar-refractivity contribution in [3.63, 3.8) is 0 Å². The fourth-order valence-corrected chi connectivity index (χ4v) is 2.31. The standard InChI is InChI=1S/C16H19FN4O2/c1-5-21(15(22)23-16(2,3)4)12-7-9(17)6-10-11(8-18)14(19)20-13(10)12/h6-7,20H,5,19H2,1-4H3. The molecule has 23 heavy (non-hydrogen) atoms. The number of carbonyl (C=O) groups excluding carboxylic acids is 1. The fraction of sp³-hybridized carbons (Fsp3) is 0.375. The monoisotopic (exact) mass is 318 g/mol. The normalized spacial score (nSPS) is 11.3. The van der Waals surface area contributed by atoms with Crippen LogP contribution in [0.25, 0.3) is 10.9 Å². The Balaban J connectivity index is 2.61. The number of H-pyrrole nitrogens is 1. The second-order valence-electron chi connectivity index (χ2n) is 6.10. The van der Waals surface area contributed by atoms with E-state index in [1.165, 1.54) is 17.0 Å². The van der Waals surface area contributed by atoms with Crippen LogP contribution < -0.4 is 10.6 Å². The van der Waals surface area contributed by atoms with E-state index in [2.05, 4.69) is 4.98 Å². The predicted molar refractivity (Wildman–Crippen MR) is 86.6 cm³/mol. The van der Waals surface area contributed by atoms with Crippen LogP contribution in [0.5, 0.6) is 0 Å². The Morgan fingerprint density at radius 1 is 1.48 bits per heavy atom. The summed E-state index contributed by atoms with van der Waals surface area (Å²) in [6.07, 6.45) is -0.599. The number of anilines is 2. The molecular weight excluding hydrogens is 299 g/mol. The number of aromatic nitrogens is 1. The highest BCUT2D eigenvalue weighted by Crippen LogP contribution is 2.33. The predicted octanol–water partition coefficient (Wildman–Crippen LogP) is 3.52. The molecule has 0 fully saturated rings. The number of hydrogen-bond acceptors (Lipinski definition) is 4. The van der Waals surface area contributed by atoms with E-state index in [1.807, 2.05) is 6.07 Å². The van der Waals surface area contributed by atoms with Crippen molar-refractivity contribution in [2.24, 2.45) is 0 Å². The first-order valence-electron chi connectivity index (χ1n) is 7.19. The number of aromatic amines is 1. The second-order valence-corrected chi connectivity index (χ2v) is 6.10. The van der Waals surface area contributed by atoms with E-state index in [-0.39, 0.29) is 23.6 Å². The molecule has 0 aliphatic heterocycles. The van der Waals surface area contributed by atoms with Crippen LogP contribution in [0.15, 0.2) is 12.1 Å². The van der Waals surface area contributed by atoms with Crippen molar-refractivity contribution in [3.05, 3.63) is 23.5 Å². The van der Waals surface area contributed by atoms with E-state index in [9.17, 15) is 9.18 Å². The topological polar surface area (TPSA) is 95.1 Å². The van der Waals surface area contributed by atoms with E-state index in [1.54, 1.807) is 27.7 Å². The van der Waals surface area contributed by atoms with E-state index in [0.717, 1.165) is 0 Å². The maximum absolute atomic E-state index is 14.0. The van der Waals surface area contributed by atoms with Gasteiger partial charge in [-0.25, -0.2) is 9.18 Å². The van der Waals surface area contributed by atoms with Gasteiger partial charge in [0.1, 0.15) is 28.9 Å². The number of ether oxygens (including phenoxy) is 1. The zero-order valence-corrected chi connectivity index (χ0v) is 13.5. The smallest absolute Gasteiger partial charge is 0.414 e. The van der Waals surface area contributed by atoms with Crippen LogP contribution in [0.1, 0.15) is 33.3 Å². The third-order valence-electron chi connectivity index (χ3n) is 3.21. The molecule has 1 heterocycles. The Kier molecular flexibility index (Phi) is 4.19. The summed E-state index contributed by atoms with van der Waals surface area (Å²) in [4.78, 5) is 16.5. The minimum atomic E-state index is -0.677. The van der Waals surface area contributed by atoms with Gasteiger partial charge in [-0.05, 0) is 39.8 Å². The van der Waals surface area contributed by atoms with Crippen LogP contribution in [0.2, 0.25) is 0 Å². The van der Waals surface area contributed by atoms with Crippen LogP contribution in [0.4, 0.5) is 20.7 Å². The van der Waals surface area contributed by atoms with Gasteiger partial charge in [-0.3, -0.25) is 4.90 Å². The molecule has 2 aromatic rings. The number of nitrogens with two attached hydrogens (primary N) is 1. The minimum Gasteiger partial charge on any atom is -0.443 e. The summed E-state index contributed by atoms with van der Waals surface area (Å²) in [6.45, 7) is 7.27. The zero-order chi connectivity index (χ0) is 17.4. The van der Waals surface area contributed by atoms with Crippen molar-refractivity contribution < 1.29 is 13.9 Å². The van der Waals surface area contributed by atoms with Gasteiger partial charge in [0.25, 0.3) is 0 Å². The summed E-state index contributed by atoms with van der Waals surface area (Å²) >= 11 is 0. The van der Waals surface area contributed by atoms with E-state index in [4.69, 9.17) is 15.7 Å². The fourth-order valence-electron chi connectivity index (χ4n) is 2.31. The first kappa shape index (κ1) is 16.6. The Hall–Kier alpha value is -2.75. The van der Waals surface area contributed by atoms with E-state index < -0.39 is 17.5 Å². The molecule has 1 aromatic heterocycles. The molecule has 1 aromatic carbocycles. The van der Waals surface area contributed by atoms with E-state index >= 15 is 0 Å². The lowest BCUT2D eigenvalue weighted by molar-refractivity contribution is 0.0582. The lowest BCUT2D eigenvalue weighted by atomic mass is 10.1. The van der Waals surface area contributed by atoms with Gasteiger partial charge in [0.15, 0.2) is 0 Å². The number of nitrogens with zero attached hydrogens (tertiary/aromatic N) is 2. The van der Waals surface area contributed by atoms with Crippen molar-refractivity contribution in [3.8, 4) is 6.07 Å². The number of nitrogens with one attached hydrogen (secondary N) is 1. The molecule has 122 valence electrons. The summed E-state index contributed by atoms with van der Waals surface area (Å²) in [5.41, 5.74) is 5.95. The maximum atomic E-state index is 14.0. The molecule has 0 bridgehead atoms. The minimum absolute atomic E-state index is 0.134. The number of nitrogen functional groups attached to an aromatic ring is 1. The molecular formula is C16H19FN4O2. The summed E-state index contributed by atoms with van der Waals surface area (Å²) in [6, 6.07) is 4.37. The number of amides is 1. The van der Waals surface area contributed by atoms with Gasteiger partial charge < -0.3 is 15.5 Å². The highest BCUT2D eigenvalue weighted by atomic mass is 19.1. The number of rotatable bonds is 2. The molecule has 0 aliphatic carbocycles. The molecule has 0 spiro atoms. The highest BCUT2D eigenvalue weighted by Gasteiger charge is 2.25. The molecule has 0 unspecified atom stereocenters. The lowest BCUT2D eigenvalue weighted by Gasteiger charge is -2.27. The number of hydrogen-bond donors (Lipinski definition) is 2. The zero-order valence-electron chi connectivity index (χ0n) is 13.5. The summed E-state index contributed by atoms with van der Waals surface area (Å²) < 4.78 is 19.3. The Morgan fingerprint density at radius 3 is 2.65 bits per heavy atom. The number of benzene rings is 1. The molecule has 6 nitrogen and oxygen atoms in total. The SMILES string of the molecule is CCN(C(=O)OC(C)(C)C)c1cc(F)cc2c(C#N)c(N)[nH]c12. The van der Waals surface area contributed by atoms with Crippen molar-refractivity contribution in [1.29, 1.82) is 5.26 Å². The molecule has 0 atom stereocenters. The number of halogens is 1.